The first-order valence-electron chi connectivity index (χ1n) is 6.67. The quantitative estimate of drug-likeness (QED) is 0.837. The van der Waals surface area contributed by atoms with Gasteiger partial charge >= 0.3 is 0 Å². The van der Waals surface area contributed by atoms with Gasteiger partial charge in [-0.1, -0.05) is 32.4 Å². The fraction of sp³-hybridized carbons (Fsp3) is 0.533. The van der Waals surface area contributed by atoms with E-state index in [0.29, 0.717) is 6.04 Å². The summed E-state index contributed by atoms with van der Waals surface area (Å²) in [6.07, 6.45) is 3.34. The summed E-state index contributed by atoms with van der Waals surface area (Å²) in [4.78, 5) is 13.7. The molecule has 1 amide bonds. The van der Waals surface area contributed by atoms with E-state index in [-0.39, 0.29) is 5.91 Å². The molecule has 1 unspecified atom stereocenters. The van der Waals surface area contributed by atoms with Gasteiger partial charge in [0.15, 0.2) is 0 Å². The Kier molecular flexibility index (Phi) is 5.69. The zero-order chi connectivity index (χ0) is 13.5. The maximum absolute atomic E-state index is 12.1. The number of nitrogens with zero attached hydrogens (tertiary/aromatic N) is 1. The topological polar surface area (TPSA) is 32.3 Å². The van der Waals surface area contributed by atoms with Gasteiger partial charge in [-0.15, -0.1) is 0 Å². The highest BCUT2D eigenvalue weighted by Gasteiger charge is 2.14. The molecule has 3 heteroatoms. The lowest BCUT2D eigenvalue weighted by Crippen LogP contribution is -2.25. The van der Waals surface area contributed by atoms with E-state index in [0.717, 1.165) is 30.5 Å². The van der Waals surface area contributed by atoms with Crippen molar-refractivity contribution in [3.63, 3.8) is 0 Å². The van der Waals surface area contributed by atoms with E-state index in [2.05, 4.69) is 19.2 Å². The van der Waals surface area contributed by atoms with Gasteiger partial charge in [-0.3, -0.25) is 4.79 Å². The lowest BCUT2D eigenvalue weighted by atomic mass is 10.1. The van der Waals surface area contributed by atoms with Crippen LogP contribution in [0.25, 0.3) is 0 Å². The van der Waals surface area contributed by atoms with E-state index in [9.17, 15) is 4.79 Å². The summed E-state index contributed by atoms with van der Waals surface area (Å²) in [5.41, 5.74) is 1.69. The predicted octanol–water partition coefficient (Wildman–Crippen LogP) is 3.38. The average Bonchev–Trinajstić information content (AvgIpc) is 2.37. The van der Waals surface area contributed by atoms with E-state index < -0.39 is 0 Å². The number of hydrogen-bond donors (Lipinski definition) is 1. The number of carbonyl (C=O) groups is 1. The highest BCUT2D eigenvalue weighted by molar-refractivity contribution is 5.99. The van der Waals surface area contributed by atoms with Crippen molar-refractivity contribution >= 4 is 11.6 Å². The SMILES string of the molecule is CCCC(CC)Nc1ccccc1C(=O)N(C)C. The summed E-state index contributed by atoms with van der Waals surface area (Å²) in [6, 6.07) is 8.17. The third kappa shape index (κ3) is 3.76. The molecule has 1 N–H and O–H groups in total. The van der Waals surface area contributed by atoms with Crippen LogP contribution in [0.15, 0.2) is 24.3 Å². The molecule has 0 spiro atoms. The molecule has 1 atom stereocenters. The van der Waals surface area contributed by atoms with Crippen molar-refractivity contribution in [2.75, 3.05) is 19.4 Å². The van der Waals surface area contributed by atoms with Crippen LogP contribution in [0.2, 0.25) is 0 Å². The van der Waals surface area contributed by atoms with Crippen LogP contribution in [0.4, 0.5) is 5.69 Å². The minimum atomic E-state index is 0.0458. The molecule has 1 aromatic rings. The summed E-state index contributed by atoms with van der Waals surface area (Å²) in [7, 11) is 3.56. The van der Waals surface area contributed by atoms with Crippen LogP contribution >= 0.6 is 0 Å². The normalized spacial score (nSPS) is 12.0. The van der Waals surface area contributed by atoms with Gasteiger partial charge < -0.3 is 10.2 Å². The van der Waals surface area contributed by atoms with Gasteiger partial charge in [0, 0.05) is 25.8 Å². The molecule has 0 aliphatic rings. The third-order valence-corrected chi connectivity index (χ3v) is 3.05. The second kappa shape index (κ2) is 7.04. The number of nitrogens with one attached hydrogen (secondary N) is 1. The Morgan fingerprint density at radius 2 is 1.94 bits per heavy atom. The van der Waals surface area contributed by atoms with Gasteiger partial charge in [0.2, 0.25) is 0 Å². The van der Waals surface area contributed by atoms with Crippen LogP contribution in [-0.4, -0.2) is 30.9 Å². The summed E-state index contributed by atoms with van der Waals surface area (Å²) in [6.45, 7) is 4.35. The Bertz CT molecular complexity index is 388. The maximum Gasteiger partial charge on any atom is 0.255 e. The second-order valence-electron chi connectivity index (χ2n) is 4.78. The Morgan fingerprint density at radius 1 is 1.28 bits per heavy atom. The van der Waals surface area contributed by atoms with Crippen LogP contribution in [0.3, 0.4) is 0 Å². The monoisotopic (exact) mass is 248 g/mol. The Balaban J connectivity index is 2.91. The molecule has 3 nitrogen and oxygen atoms in total. The minimum absolute atomic E-state index is 0.0458. The Hall–Kier alpha value is -1.51. The van der Waals surface area contributed by atoms with E-state index in [1.54, 1.807) is 19.0 Å². The van der Waals surface area contributed by atoms with Crippen molar-refractivity contribution in [1.29, 1.82) is 0 Å². The first kappa shape index (κ1) is 14.6. The number of carbonyl (C=O) groups excluding carboxylic acids is 1. The highest BCUT2D eigenvalue weighted by atomic mass is 16.2. The van der Waals surface area contributed by atoms with Crippen LogP contribution in [0.5, 0.6) is 0 Å². The van der Waals surface area contributed by atoms with Gasteiger partial charge in [-0.05, 0) is 25.0 Å². The molecular weight excluding hydrogens is 224 g/mol. The first-order chi connectivity index (χ1) is 8.60. The number of benzene rings is 1. The number of anilines is 1. The highest BCUT2D eigenvalue weighted by Crippen LogP contribution is 2.19. The smallest absolute Gasteiger partial charge is 0.255 e. The number of hydrogen-bond acceptors (Lipinski definition) is 2. The van der Waals surface area contributed by atoms with Crippen molar-refractivity contribution in [3.8, 4) is 0 Å². The lowest BCUT2D eigenvalue weighted by molar-refractivity contribution is 0.0828. The molecule has 0 aromatic heterocycles. The number of para-hydroxylation sites is 1. The molecule has 0 saturated carbocycles. The van der Waals surface area contributed by atoms with E-state index in [1.807, 2.05) is 24.3 Å². The molecule has 0 bridgehead atoms. The maximum atomic E-state index is 12.1. The molecule has 0 aliphatic carbocycles. The molecule has 1 rings (SSSR count). The standard InChI is InChI=1S/C15H24N2O/c1-5-9-12(6-2)16-14-11-8-7-10-13(14)15(18)17(3)4/h7-8,10-12,16H,5-6,9H2,1-4H3. The van der Waals surface area contributed by atoms with E-state index in [1.165, 1.54) is 0 Å². The predicted molar refractivity (Wildman–Crippen MR) is 77.1 cm³/mol. The van der Waals surface area contributed by atoms with Gasteiger partial charge in [-0.2, -0.15) is 0 Å². The Labute approximate surface area is 110 Å². The van der Waals surface area contributed by atoms with Crippen LogP contribution < -0.4 is 5.32 Å². The summed E-state index contributed by atoms with van der Waals surface area (Å²) in [5, 5.41) is 3.49. The number of amides is 1. The van der Waals surface area contributed by atoms with Crippen molar-refractivity contribution in [2.45, 2.75) is 39.2 Å². The summed E-state index contributed by atoms with van der Waals surface area (Å²) >= 11 is 0. The van der Waals surface area contributed by atoms with Gasteiger partial charge in [-0.25, -0.2) is 0 Å². The molecule has 18 heavy (non-hydrogen) atoms. The lowest BCUT2D eigenvalue weighted by Gasteiger charge is -2.21. The van der Waals surface area contributed by atoms with Crippen molar-refractivity contribution < 1.29 is 4.79 Å². The molecule has 0 saturated heterocycles. The second-order valence-corrected chi connectivity index (χ2v) is 4.78. The van der Waals surface area contributed by atoms with Gasteiger partial charge in [0.05, 0.1) is 5.56 Å². The van der Waals surface area contributed by atoms with Crippen molar-refractivity contribution in [3.05, 3.63) is 29.8 Å². The molecule has 100 valence electrons. The van der Waals surface area contributed by atoms with Gasteiger partial charge in [0.1, 0.15) is 0 Å². The average molecular weight is 248 g/mol. The molecule has 0 fully saturated rings. The molecular formula is C15H24N2O. The number of rotatable bonds is 6. The largest absolute Gasteiger partial charge is 0.382 e. The third-order valence-electron chi connectivity index (χ3n) is 3.05. The van der Waals surface area contributed by atoms with Gasteiger partial charge in [0.25, 0.3) is 5.91 Å². The summed E-state index contributed by atoms with van der Waals surface area (Å²) in [5.74, 6) is 0.0458. The minimum Gasteiger partial charge on any atom is -0.382 e. The Morgan fingerprint density at radius 3 is 2.50 bits per heavy atom. The van der Waals surface area contributed by atoms with E-state index >= 15 is 0 Å². The first-order valence-corrected chi connectivity index (χ1v) is 6.67. The summed E-state index contributed by atoms with van der Waals surface area (Å²) < 4.78 is 0. The molecule has 0 aliphatic heterocycles. The van der Waals surface area contributed by atoms with Crippen molar-refractivity contribution in [2.24, 2.45) is 0 Å². The molecule has 1 aromatic carbocycles. The molecule has 0 heterocycles. The fourth-order valence-corrected chi connectivity index (χ4v) is 1.98. The van der Waals surface area contributed by atoms with E-state index in [4.69, 9.17) is 0 Å². The fourth-order valence-electron chi connectivity index (χ4n) is 1.98. The van der Waals surface area contributed by atoms with Crippen LogP contribution in [0, 0.1) is 0 Å². The zero-order valence-electron chi connectivity index (χ0n) is 11.9. The molecule has 0 radical (unpaired) electrons. The zero-order valence-corrected chi connectivity index (χ0v) is 11.9. The van der Waals surface area contributed by atoms with Crippen LogP contribution in [0.1, 0.15) is 43.5 Å². The van der Waals surface area contributed by atoms with Crippen LogP contribution in [-0.2, 0) is 0 Å². The van der Waals surface area contributed by atoms with Crippen molar-refractivity contribution in [1.82, 2.24) is 4.90 Å².